The van der Waals surface area contributed by atoms with Gasteiger partial charge < -0.3 is 4.74 Å². The molecule has 2 aliphatic heterocycles. The van der Waals surface area contributed by atoms with Crippen LogP contribution in [0.25, 0.3) is 5.76 Å². The lowest BCUT2D eigenvalue weighted by Gasteiger charge is -2.42. The molecule has 0 bridgehead atoms. The molecule has 0 aromatic heterocycles. The Bertz CT molecular complexity index is 1490. The van der Waals surface area contributed by atoms with Crippen molar-refractivity contribution in [2.45, 2.75) is 43.7 Å². The van der Waals surface area contributed by atoms with E-state index in [0.29, 0.717) is 29.9 Å². The molecule has 2 heterocycles. The molecule has 0 saturated carbocycles. The zero-order valence-electron chi connectivity index (χ0n) is 20.6. The third-order valence-corrected chi connectivity index (χ3v) is 9.91. The normalized spacial score (nSPS) is 24.8. The minimum Gasteiger partial charge on any atom is -0.486 e. The van der Waals surface area contributed by atoms with E-state index in [0.717, 1.165) is 16.7 Å². The van der Waals surface area contributed by atoms with E-state index in [1.807, 2.05) is 87.5 Å². The van der Waals surface area contributed by atoms with Crippen LogP contribution in [0.2, 0.25) is 0 Å². The molecule has 0 spiro atoms. The summed E-state index contributed by atoms with van der Waals surface area (Å²) in [6.07, 6.45) is 0.517. The predicted molar refractivity (Wildman–Crippen MR) is 139 cm³/mol. The number of benzene rings is 3. The van der Waals surface area contributed by atoms with Gasteiger partial charge in [0.05, 0.1) is 4.90 Å². The van der Waals surface area contributed by atoms with Crippen LogP contribution in [0.15, 0.2) is 89.3 Å². The molecule has 0 unspecified atom stereocenters. The molecule has 36 heavy (non-hydrogen) atoms. The van der Waals surface area contributed by atoms with Gasteiger partial charge in [0.15, 0.2) is 5.78 Å². The van der Waals surface area contributed by atoms with Gasteiger partial charge in [-0.1, -0.05) is 72.3 Å². The van der Waals surface area contributed by atoms with Crippen LogP contribution in [0.1, 0.15) is 40.9 Å². The van der Waals surface area contributed by atoms with Crippen LogP contribution in [0.5, 0.6) is 0 Å². The van der Waals surface area contributed by atoms with Crippen molar-refractivity contribution in [1.82, 2.24) is 4.31 Å². The van der Waals surface area contributed by atoms with Crippen molar-refractivity contribution in [3.8, 4) is 0 Å². The Balaban J connectivity index is 1.52. The lowest BCUT2D eigenvalue weighted by molar-refractivity contribution is -0.00573. The second-order valence-electron chi connectivity index (χ2n) is 10.6. The number of Topliss-reactive ketones (excluding diaryl/α,β-unsaturated/α-hetero) is 1. The van der Waals surface area contributed by atoms with Crippen LogP contribution in [-0.4, -0.2) is 36.7 Å². The number of ketones is 1. The second kappa shape index (κ2) is 8.15. The number of hydrogen-bond donors (Lipinski definition) is 0. The molecule has 1 aliphatic carbocycles. The fourth-order valence-corrected chi connectivity index (χ4v) is 7.84. The second-order valence-corrected chi connectivity index (χ2v) is 12.5. The molecule has 6 heteroatoms. The number of rotatable bonds is 4. The first-order valence-corrected chi connectivity index (χ1v) is 13.8. The first kappa shape index (κ1) is 23.2. The molecule has 6 rings (SSSR count). The highest BCUT2D eigenvalue weighted by Gasteiger charge is 2.59. The van der Waals surface area contributed by atoms with E-state index < -0.39 is 21.7 Å². The van der Waals surface area contributed by atoms with Gasteiger partial charge in [0, 0.05) is 41.1 Å². The highest BCUT2D eigenvalue weighted by Crippen LogP contribution is 2.55. The molecule has 3 aliphatic rings. The predicted octanol–water partition coefficient (Wildman–Crippen LogP) is 5.26. The summed E-state index contributed by atoms with van der Waals surface area (Å²) >= 11 is 0. The van der Waals surface area contributed by atoms with Crippen molar-refractivity contribution in [1.29, 1.82) is 0 Å². The lowest BCUT2D eigenvalue weighted by atomic mass is 9.72. The van der Waals surface area contributed by atoms with Gasteiger partial charge in [0.25, 0.3) is 0 Å². The van der Waals surface area contributed by atoms with Crippen LogP contribution in [-0.2, 0) is 21.2 Å². The third-order valence-electron chi connectivity index (χ3n) is 8.01. The average Bonchev–Trinajstić information content (AvgIpc) is 3.37. The van der Waals surface area contributed by atoms with E-state index in [1.165, 1.54) is 0 Å². The highest BCUT2D eigenvalue weighted by atomic mass is 32.2. The van der Waals surface area contributed by atoms with Crippen LogP contribution in [0.4, 0.5) is 0 Å². The number of carbonyl (C=O) groups excluding carboxylic acids is 1. The molecule has 1 saturated heterocycles. The van der Waals surface area contributed by atoms with Crippen molar-refractivity contribution in [3.05, 3.63) is 107 Å². The van der Waals surface area contributed by atoms with Crippen molar-refractivity contribution < 1.29 is 17.9 Å². The topological polar surface area (TPSA) is 63.7 Å². The maximum absolute atomic E-state index is 14.1. The van der Waals surface area contributed by atoms with E-state index in [1.54, 1.807) is 16.4 Å². The van der Waals surface area contributed by atoms with Gasteiger partial charge >= 0.3 is 0 Å². The van der Waals surface area contributed by atoms with Gasteiger partial charge in [-0.3, -0.25) is 4.79 Å². The maximum atomic E-state index is 14.1. The summed E-state index contributed by atoms with van der Waals surface area (Å²) in [5.74, 6) is 0.140. The maximum Gasteiger partial charge on any atom is 0.243 e. The van der Waals surface area contributed by atoms with E-state index >= 15 is 0 Å². The minimum atomic E-state index is -3.80. The van der Waals surface area contributed by atoms with Gasteiger partial charge in [-0.05, 0) is 44.9 Å². The Kier molecular flexibility index (Phi) is 5.25. The Morgan fingerprint density at radius 1 is 0.917 bits per heavy atom. The number of carbonyl (C=O) groups is 1. The van der Waals surface area contributed by atoms with Gasteiger partial charge in [-0.25, -0.2) is 8.42 Å². The van der Waals surface area contributed by atoms with Crippen molar-refractivity contribution in [2.24, 2.45) is 11.8 Å². The number of hydrogen-bond acceptors (Lipinski definition) is 4. The van der Waals surface area contributed by atoms with Gasteiger partial charge in [-0.2, -0.15) is 4.31 Å². The van der Waals surface area contributed by atoms with Crippen molar-refractivity contribution >= 4 is 21.6 Å². The molecule has 3 aromatic carbocycles. The molecule has 0 amide bonds. The Morgan fingerprint density at radius 3 is 2.25 bits per heavy atom. The molecule has 5 nitrogen and oxygen atoms in total. The molecule has 3 aromatic rings. The Labute approximate surface area is 212 Å². The molecule has 0 radical (unpaired) electrons. The van der Waals surface area contributed by atoms with E-state index in [2.05, 4.69) is 0 Å². The Hall–Kier alpha value is -3.22. The van der Waals surface area contributed by atoms with E-state index in [4.69, 9.17) is 4.74 Å². The summed E-state index contributed by atoms with van der Waals surface area (Å²) in [6, 6.07) is 24.1. The van der Waals surface area contributed by atoms with Crippen LogP contribution >= 0.6 is 0 Å². The smallest absolute Gasteiger partial charge is 0.243 e. The number of nitrogens with zero attached hydrogens (tertiary/aromatic N) is 1. The summed E-state index contributed by atoms with van der Waals surface area (Å²) in [5.41, 5.74) is 3.47. The first-order chi connectivity index (χ1) is 17.2. The monoisotopic (exact) mass is 499 g/mol. The number of aryl methyl sites for hydroxylation is 1. The third kappa shape index (κ3) is 3.46. The minimum absolute atomic E-state index is 0.0428. The number of fused-ring (bicyclic) bond motifs is 4. The van der Waals surface area contributed by atoms with Gasteiger partial charge in [0.1, 0.15) is 11.4 Å². The molecule has 0 N–H and O–H groups in total. The summed E-state index contributed by atoms with van der Waals surface area (Å²) in [7, 11) is -3.80. The number of sulfonamides is 1. The summed E-state index contributed by atoms with van der Waals surface area (Å²) in [4.78, 5) is 14.0. The zero-order valence-corrected chi connectivity index (χ0v) is 21.5. The molecule has 3 atom stereocenters. The molecular formula is C30H29NO4S. The largest absolute Gasteiger partial charge is 0.486 e. The van der Waals surface area contributed by atoms with Crippen LogP contribution in [0, 0.1) is 18.8 Å². The van der Waals surface area contributed by atoms with E-state index in [-0.39, 0.29) is 22.5 Å². The summed E-state index contributed by atoms with van der Waals surface area (Å²) in [5, 5.41) is 0. The SMILES string of the molecule is Cc1ccc(S(=O)(=O)N2C[C@H]3[C@H](C4=C(OC3(C)C)c3ccccc3C4=O)[C@H]2Cc2ccccc2)cc1. The standard InChI is InChI=1S/C30H29NO4S/c1-19-13-15-21(16-14-19)36(33,34)31-18-24-26(25(31)17-20-9-5-4-6-10-20)27-28(32)22-11-7-8-12-23(22)29(27)35-30(24,2)3/h4-16,24-26H,17-18H2,1-3H3/t24-,25+,26-/m0/s1. The van der Waals surface area contributed by atoms with Crippen LogP contribution < -0.4 is 0 Å². The number of ether oxygens (including phenoxy) is 1. The zero-order chi connectivity index (χ0) is 25.2. The quantitative estimate of drug-likeness (QED) is 0.491. The summed E-state index contributed by atoms with van der Waals surface area (Å²) in [6.45, 7) is 6.27. The fraction of sp³-hybridized carbons (Fsp3) is 0.300. The van der Waals surface area contributed by atoms with Crippen LogP contribution in [0.3, 0.4) is 0 Å². The van der Waals surface area contributed by atoms with Crippen molar-refractivity contribution in [3.63, 3.8) is 0 Å². The van der Waals surface area contributed by atoms with Gasteiger partial charge in [-0.15, -0.1) is 0 Å². The van der Waals surface area contributed by atoms with E-state index in [9.17, 15) is 13.2 Å². The average molecular weight is 500 g/mol. The fourth-order valence-electron chi connectivity index (χ4n) is 6.17. The van der Waals surface area contributed by atoms with Crippen molar-refractivity contribution in [2.75, 3.05) is 6.54 Å². The highest BCUT2D eigenvalue weighted by molar-refractivity contribution is 7.89. The lowest BCUT2D eigenvalue weighted by Crippen LogP contribution is -2.45. The first-order valence-electron chi connectivity index (χ1n) is 12.4. The molecule has 1 fully saturated rings. The molecular weight excluding hydrogens is 470 g/mol. The Morgan fingerprint density at radius 2 is 1.56 bits per heavy atom. The summed E-state index contributed by atoms with van der Waals surface area (Å²) < 4.78 is 36.3. The molecule has 184 valence electrons. The van der Waals surface area contributed by atoms with Gasteiger partial charge in [0.2, 0.25) is 10.0 Å².